The predicted octanol–water partition coefficient (Wildman–Crippen LogP) is 1.60. The van der Waals surface area contributed by atoms with E-state index in [1.165, 1.54) is 11.0 Å². The molecule has 0 saturated carbocycles. The number of benzene rings is 1. The van der Waals surface area contributed by atoms with Gasteiger partial charge in [-0.15, -0.1) is 0 Å². The normalized spacial score (nSPS) is 14.7. The average Bonchev–Trinajstić information content (AvgIpc) is 3.07. The number of halogens is 1. The lowest BCUT2D eigenvalue weighted by atomic mass is 10.2. The Morgan fingerprint density at radius 3 is 2.86 bits per heavy atom. The second-order valence-corrected chi connectivity index (χ2v) is 5.47. The molecule has 2 amide bonds. The SMILES string of the molecule is CN(C)Cc1nccn1-c1ccc(N2CCNC2=O)c(F)c1. The van der Waals surface area contributed by atoms with Crippen molar-refractivity contribution >= 4 is 11.7 Å². The number of nitrogens with zero attached hydrogens (tertiary/aromatic N) is 4. The van der Waals surface area contributed by atoms with Gasteiger partial charge in [-0.05, 0) is 26.2 Å². The molecule has 1 aliphatic heterocycles. The molecular weight excluding hydrogens is 285 g/mol. The van der Waals surface area contributed by atoms with Crippen molar-refractivity contribution < 1.29 is 9.18 Å². The van der Waals surface area contributed by atoms with Gasteiger partial charge in [0.05, 0.1) is 12.2 Å². The van der Waals surface area contributed by atoms with Gasteiger partial charge in [-0.3, -0.25) is 4.90 Å². The number of hydrogen-bond donors (Lipinski definition) is 1. The molecule has 116 valence electrons. The number of rotatable bonds is 4. The fraction of sp³-hybridized carbons (Fsp3) is 0.333. The highest BCUT2D eigenvalue weighted by Crippen LogP contribution is 2.24. The van der Waals surface area contributed by atoms with Crippen LogP contribution in [-0.2, 0) is 6.54 Å². The Hall–Kier alpha value is -2.41. The van der Waals surface area contributed by atoms with E-state index in [1.54, 1.807) is 24.5 Å². The van der Waals surface area contributed by atoms with Gasteiger partial charge in [-0.2, -0.15) is 0 Å². The third-order valence-electron chi connectivity index (χ3n) is 3.53. The lowest BCUT2D eigenvalue weighted by molar-refractivity contribution is 0.252. The summed E-state index contributed by atoms with van der Waals surface area (Å²) in [5.74, 6) is 0.412. The highest BCUT2D eigenvalue weighted by atomic mass is 19.1. The van der Waals surface area contributed by atoms with Gasteiger partial charge < -0.3 is 14.8 Å². The van der Waals surface area contributed by atoms with Crippen LogP contribution in [0.3, 0.4) is 0 Å². The summed E-state index contributed by atoms with van der Waals surface area (Å²) in [5.41, 5.74) is 0.989. The first-order valence-electron chi connectivity index (χ1n) is 7.08. The second kappa shape index (κ2) is 5.76. The molecule has 0 radical (unpaired) electrons. The quantitative estimate of drug-likeness (QED) is 0.933. The van der Waals surface area contributed by atoms with Gasteiger partial charge in [0.2, 0.25) is 0 Å². The molecule has 6 nitrogen and oxygen atoms in total. The third kappa shape index (κ3) is 2.67. The molecule has 0 bridgehead atoms. The van der Waals surface area contributed by atoms with E-state index in [0.717, 1.165) is 5.82 Å². The average molecular weight is 303 g/mol. The summed E-state index contributed by atoms with van der Waals surface area (Å²) < 4.78 is 16.2. The van der Waals surface area contributed by atoms with E-state index < -0.39 is 5.82 Å². The lowest BCUT2D eigenvalue weighted by Crippen LogP contribution is -2.28. The number of amides is 2. The molecule has 1 aromatic carbocycles. The van der Waals surface area contributed by atoms with Crippen molar-refractivity contribution in [3.05, 3.63) is 42.2 Å². The molecule has 22 heavy (non-hydrogen) atoms. The minimum atomic E-state index is -0.418. The molecule has 0 atom stereocenters. The van der Waals surface area contributed by atoms with Gasteiger partial charge in [0.1, 0.15) is 11.6 Å². The van der Waals surface area contributed by atoms with E-state index in [-0.39, 0.29) is 6.03 Å². The Labute approximate surface area is 128 Å². The maximum absolute atomic E-state index is 14.4. The van der Waals surface area contributed by atoms with Crippen LogP contribution in [-0.4, -0.2) is 47.7 Å². The summed E-state index contributed by atoms with van der Waals surface area (Å²) in [7, 11) is 3.91. The second-order valence-electron chi connectivity index (χ2n) is 5.47. The van der Waals surface area contributed by atoms with Gasteiger partial charge >= 0.3 is 6.03 Å². The van der Waals surface area contributed by atoms with E-state index in [2.05, 4.69) is 10.3 Å². The zero-order chi connectivity index (χ0) is 15.7. The summed E-state index contributed by atoms with van der Waals surface area (Å²) >= 11 is 0. The minimum absolute atomic E-state index is 0.262. The van der Waals surface area contributed by atoms with Crippen molar-refractivity contribution in [2.24, 2.45) is 0 Å². The molecule has 2 heterocycles. The van der Waals surface area contributed by atoms with Gasteiger partial charge in [-0.1, -0.05) is 0 Å². The Morgan fingerprint density at radius 2 is 2.23 bits per heavy atom. The Balaban J connectivity index is 1.92. The molecule has 0 spiro atoms. The zero-order valence-electron chi connectivity index (χ0n) is 12.6. The zero-order valence-corrected chi connectivity index (χ0v) is 12.6. The van der Waals surface area contributed by atoms with Gasteiger partial charge in [-0.25, -0.2) is 14.2 Å². The van der Waals surface area contributed by atoms with Crippen molar-refractivity contribution in [1.82, 2.24) is 19.8 Å². The van der Waals surface area contributed by atoms with Gasteiger partial charge in [0, 0.05) is 37.2 Å². The molecule has 1 aromatic heterocycles. The fourth-order valence-corrected chi connectivity index (χ4v) is 2.54. The lowest BCUT2D eigenvalue weighted by Gasteiger charge is -2.17. The van der Waals surface area contributed by atoms with Crippen molar-refractivity contribution in [2.45, 2.75) is 6.54 Å². The highest BCUT2D eigenvalue weighted by Gasteiger charge is 2.24. The summed E-state index contributed by atoms with van der Waals surface area (Å²) in [5, 5.41) is 2.67. The number of nitrogens with one attached hydrogen (secondary N) is 1. The summed E-state index contributed by atoms with van der Waals surface area (Å²) in [4.78, 5) is 19.4. The molecule has 1 aliphatic rings. The van der Waals surface area contributed by atoms with Gasteiger partial charge in [0.25, 0.3) is 0 Å². The van der Waals surface area contributed by atoms with Crippen LogP contribution in [0, 0.1) is 5.82 Å². The van der Waals surface area contributed by atoms with Crippen LogP contribution in [0.2, 0.25) is 0 Å². The first-order chi connectivity index (χ1) is 10.6. The van der Waals surface area contributed by atoms with Crippen LogP contribution in [0.5, 0.6) is 0 Å². The Morgan fingerprint density at radius 1 is 1.41 bits per heavy atom. The van der Waals surface area contributed by atoms with E-state index >= 15 is 0 Å². The molecule has 0 aliphatic carbocycles. The first kappa shape index (κ1) is 14.5. The Bertz CT molecular complexity index is 697. The molecule has 1 saturated heterocycles. The molecule has 3 rings (SSSR count). The molecule has 7 heteroatoms. The van der Waals surface area contributed by atoms with E-state index in [9.17, 15) is 9.18 Å². The number of anilines is 1. The topological polar surface area (TPSA) is 53.4 Å². The summed E-state index contributed by atoms with van der Waals surface area (Å²) in [6.07, 6.45) is 3.49. The first-order valence-corrected chi connectivity index (χ1v) is 7.08. The number of carbonyl (C=O) groups excluding carboxylic acids is 1. The summed E-state index contributed by atoms with van der Waals surface area (Å²) in [6, 6.07) is 4.60. The molecular formula is C15H18FN5O. The van der Waals surface area contributed by atoms with Crippen LogP contribution in [0.4, 0.5) is 14.9 Å². The van der Waals surface area contributed by atoms with Crippen molar-refractivity contribution in [3.8, 4) is 5.69 Å². The standard InChI is InChI=1S/C15H18FN5O/c1-19(2)10-14-17-5-7-20(14)11-3-4-13(12(16)9-11)21-8-6-18-15(21)22/h3-5,7,9H,6,8,10H2,1-2H3,(H,18,22). The van der Waals surface area contributed by atoms with Crippen LogP contribution in [0.1, 0.15) is 5.82 Å². The molecule has 0 unspecified atom stereocenters. The number of carbonyl (C=O) groups is 1. The van der Waals surface area contributed by atoms with Crippen LogP contribution >= 0.6 is 0 Å². The van der Waals surface area contributed by atoms with Crippen molar-refractivity contribution in [2.75, 3.05) is 32.1 Å². The van der Waals surface area contributed by atoms with Crippen LogP contribution in [0.25, 0.3) is 5.69 Å². The number of hydrogen-bond acceptors (Lipinski definition) is 3. The van der Waals surface area contributed by atoms with E-state index in [4.69, 9.17) is 0 Å². The number of imidazole rings is 1. The molecule has 2 aromatic rings. The van der Waals surface area contributed by atoms with E-state index in [0.29, 0.717) is 31.0 Å². The van der Waals surface area contributed by atoms with Crippen molar-refractivity contribution in [3.63, 3.8) is 0 Å². The van der Waals surface area contributed by atoms with E-state index in [1.807, 2.05) is 23.6 Å². The maximum Gasteiger partial charge on any atom is 0.322 e. The molecule has 1 N–H and O–H groups in total. The largest absolute Gasteiger partial charge is 0.336 e. The number of urea groups is 1. The predicted molar refractivity (Wildman–Crippen MR) is 81.7 cm³/mol. The summed E-state index contributed by atoms with van der Waals surface area (Å²) in [6.45, 7) is 1.67. The highest BCUT2D eigenvalue weighted by molar-refractivity contribution is 5.94. The maximum atomic E-state index is 14.4. The molecule has 1 fully saturated rings. The minimum Gasteiger partial charge on any atom is -0.336 e. The van der Waals surface area contributed by atoms with Crippen LogP contribution < -0.4 is 10.2 Å². The van der Waals surface area contributed by atoms with Gasteiger partial charge in [0.15, 0.2) is 0 Å². The smallest absolute Gasteiger partial charge is 0.322 e. The van der Waals surface area contributed by atoms with Crippen LogP contribution in [0.15, 0.2) is 30.6 Å². The fourth-order valence-electron chi connectivity index (χ4n) is 2.54. The third-order valence-corrected chi connectivity index (χ3v) is 3.53. The Kier molecular flexibility index (Phi) is 3.81. The number of aromatic nitrogens is 2. The monoisotopic (exact) mass is 303 g/mol. The van der Waals surface area contributed by atoms with Crippen molar-refractivity contribution in [1.29, 1.82) is 0 Å².